The van der Waals surface area contributed by atoms with E-state index in [9.17, 15) is 8.78 Å². The predicted molar refractivity (Wildman–Crippen MR) is 81.8 cm³/mol. The summed E-state index contributed by atoms with van der Waals surface area (Å²) >= 11 is 3.06. The molecule has 0 amide bonds. The molecule has 3 rings (SSSR count). The number of benzene rings is 2. The van der Waals surface area contributed by atoms with Gasteiger partial charge in [0.1, 0.15) is 0 Å². The van der Waals surface area contributed by atoms with Crippen LogP contribution in [0.15, 0.2) is 53.1 Å². The maximum Gasteiger partial charge on any atom is 0.173 e. The largest absolute Gasteiger partial charge is 0.320 e. The predicted octanol–water partition coefficient (Wildman–Crippen LogP) is 4.32. The first-order valence-electron chi connectivity index (χ1n) is 6.31. The van der Waals surface area contributed by atoms with Crippen LogP contribution in [0.1, 0.15) is 17.2 Å². The molecule has 1 atom stereocenters. The van der Waals surface area contributed by atoms with Gasteiger partial charge < -0.3 is 5.73 Å². The Bertz CT molecular complexity index is 820. The molecule has 0 aliphatic heterocycles. The first kappa shape index (κ1) is 14.1. The zero-order chi connectivity index (χ0) is 15.0. The number of aromatic nitrogens is 1. The molecule has 5 heteroatoms. The molecule has 0 bridgehead atoms. The van der Waals surface area contributed by atoms with Crippen LogP contribution in [-0.4, -0.2) is 4.98 Å². The van der Waals surface area contributed by atoms with Gasteiger partial charge >= 0.3 is 0 Å². The number of para-hydroxylation sites is 1. The molecule has 0 aliphatic carbocycles. The Hall–Kier alpha value is -1.85. The van der Waals surface area contributed by atoms with Crippen LogP contribution in [0.3, 0.4) is 0 Å². The van der Waals surface area contributed by atoms with Gasteiger partial charge in [0.25, 0.3) is 0 Å². The maximum atomic E-state index is 13.6. The summed E-state index contributed by atoms with van der Waals surface area (Å²) in [6.45, 7) is 0. The average Bonchev–Trinajstić information content (AvgIpc) is 2.52. The average molecular weight is 349 g/mol. The smallest absolute Gasteiger partial charge is 0.173 e. The quantitative estimate of drug-likeness (QED) is 0.700. The number of halogens is 3. The lowest BCUT2D eigenvalue weighted by atomic mass is 9.99. The summed E-state index contributed by atoms with van der Waals surface area (Å²) in [4.78, 5) is 4.33. The van der Waals surface area contributed by atoms with Crippen molar-refractivity contribution in [3.05, 3.63) is 75.9 Å². The fraction of sp³-hybridized carbons (Fsp3) is 0.0625. The summed E-state index contributed by atoms with van der Waals surface area (Å²) in [6.07, 6.45) is 1.65. The van der Waals surface area contributed by atoms with E-state index in [-0.39, 0.29) is 4.47 Å². The summed E-state index contributed by atoms with van der Waals surface area (Å²) in [5.41, 5.74) is 8.24. The molecule has 0 spiro atoms. The molecule has 0 saturated heterocycles. The number of pyridine rings is 1. The Labute approximate surface area is 128 Å². The minimum Gasteiger partial charge on any atom is -0.320 e. The highest BCUT2D eigenvalue weighted by atomic mass is 79.9. The highest BCUT2D eigenvalue weighted by Crippen LogP contribution is 2.30. The second kappa shape index (κ2) is 5.50. The van der Waals surface area contributed by atoms with Gasteiger partial charge in [-0.3, -0.25) is 4.98 Å². The van der Waals surface area contributed by atoms with Crippen molar-refractivity contribution in [1.82, 2.24) is 4.98 Å². The maximum absolute atomic E-state index is 13.6. The molecule has 106 valence electrons. The van der Waals surface area contributed by atoms with Crippen molar-refractivity contribution in [1.29, 1.82) is 0 Å². The van der Waals surface area contributed by atoms with E-state index < -0.39 is 17.7 Å². The SMILES string of the molecule is NC(c1cnc2ccccc2c1)c1ccc(F)c(F)c1Br. The highest BCUT2D eigenvalue weighted by Gasteiger charge is 2.18. The van der Waals surface area contributed by atoms with Crippen molar-refractivity contribution in [2.75, 3.05) is 0 Å². The van der Waals surface area contributed by atoms with Gasteiger partial charge in [-0.2, -0.15) is 0 Å². The minimum atomic E-state index is -0.934. The molecule has 3 aromatic rings. The fourth-order valence-corrected chi connectivity index (χ4v) is 2.79. The van der Waals surface area contributed by atoms with Crippen LogP contribution >= 0.6 is 15.9 Å². The molecule has 0 aliphatic rings. The number of hydrogen-bond acceptors (Lipinski definition) is 2. The van der Waals surface area contributed by atoms with Gasteiger partial charge in [-0.15, -0.1) is 0 Å². The number of nitrogens with zero attached hydrogens (tertiary/aromatic N) is 1. The zero-order valence-corrected chi connectivity index (χ0v) is 12.4. The molecule has 0 fully saturated rings. The van der Waals surface area contributed by atoms with Crippen LogP contribution in [-0.2, 0) is 0 Å². The summed E-state index contributed by atoms with van der Waals surface area (Å²) in [7, 11) is 0. The fourth-order valence-electron chi connectivity index (χ4n) is 2.22. The first-order chi connectivity index (χ1) is 10.1. The van der Waals surface area contributed by atoms with E-state index in [1.54, 1.807) is 6.20 Å². The van der Waals surface area contributed by atoms with E-state index in [2.05, 4.69) is 20.9 Å². The summed E-state index contributed by atoms with van der Waals surface area (Å²) < 4.78 is 26.8. The first-order valence-corrected chi connectivity index (χ1v) is 7.11. The Morgan fingerprint density at radius 1 is 1.10 bits per heavy atom. The molecule has 0 radical (unpaired) electrons. The second-order valence-corrected chi connectivity index (χ2v) is 5.50. The number of fused-ring (bicyclic) bond motifs is 1. The van der Waals surface area contributed by atoms with Crippen LogP contribution in [0, 0.1) is 11.6 Å². The van der Waals surface area contributed by atoms with Crippen molar-refractivity contribution < 1.29 is 8.78 Å². The van der Waals surface area contributed by atoms with Crippen molar-refractivity contribution in [2.24, 2.45) is 5.73 Å². The Kier molecular flexibility index (Phi) is 3.69. The second-order valence-electron chi connectivity index (χ2n) is 4.70. The molecular weight excluding hydrogens is 338 g/mol. The van der Waals surface area contributed by atoms with E-state index in [0.717, 1.165) is 22.5 Å². The van der Waals surface area contributed by atoms with Gasteiger partial charge in [0.15, 0.2) is 11.6 Å². The van der Waals surface area contributed by atoms with Crippen LogP contribution in [0.4, 0.5) is 8.78 Å². The Morgan fingerprint density at radius 2 is 1.86 bits per heavy atom. The Morgan fingerprint density at radius 3 is 2.67 bits per heavy atom. The summed E-state index contributed by atoms with van der Waals surface area (Å²) in [5.74, 6) is -1.84. The van der Waals surface area contributed by atoms with E-state index in [0.29, 0.717) is 5.56 Å². The molecule has 1 heterocycles. The van der Waals surface area contributed by atoms with Crippen LogP contribution in [0.25, 0.3) is 10.9 Å². The van der Waals surface area contributed by atoms with Gasteiger partial charge in [0.2, 0.25) is 0 Å². The van der Waals surface area contributed by atoms with Crippen molar-refractivity contribution in [2.45, 2.75) is 6.04 Å². The van der Waals surface area contributed by atoms with Gasteiger partial charge in [0.05, 0.1) is 16.0 Å². The number of hydrogen-bond donors (Lipinski definition) is 1. The van der Waals surface area contributed by atoms with Crippen molar-refractivity contribution in [3.63, 3.8) is 0 Å². The Balaban J connectivity index is 2.08. The third-order valence-corrected chi connectivity index (χ3v) is 4.18. The summed E-state index contributed by atoms with van der Waals surface area (Å²) in [6, 6.07) is 11.5. The summed E-state index contributed by atoms with van der Waals surface area (Å²) in [5, 5.41) is 0.948. The topological polar surface area (TPSA) is 38.9 Å². The van der Waals surface area contributed by atoms with Gasteiger partial charge in [-0.1, -0.05) is 24.3 Å². The van der Waals surface area contributed by atoms with E-state index in [1.165, 1.54) is 6.07 Å². The lowest BCUT2D eigenvalue weighted by Crippen LogP contribution is -2.13. The molecule has 2 nitrogen and oxygen atoms in total. The molecule has 2 aromatic carbocycles. The third kappa shape index (κ3) is 2.54. The number of rotatable bonds is 2. The van der Waals surface area contributed by atoms with Crippen LogP contribution < -0.4 is 5.73 Å². The highest BCUT2D eigenvalue weighted by molar-refractivity contribution is 9.10. The molecule has 2 N–H and O–H groups in total. The normalized spacial score (nSPS) is 12.6. The zero-order valence-electron chi connectivity index (χ0n) is 10.9. The van der Waals surface area contributed by atoms with Crippen LogP contribution in [0.2, 0.25) is 0 Å². The minimum absolute atomic E-state index is 0.0446. The van der Waals surface area contributed by atoms with Crippen molar-refractivity contribution in [3.8, 4) is 0 Å². The van der Waals surface area contributed by atoms with Crippen LogP contribution in [0.5, 0.6) is 0 Å². The van der Waals surface area contributed by atoms with Gasteiger partial charge in [0, 0.05) is 11.6 Å². The molecular formula is C16H11BrF2N2. The van der Waals surface area contributed by atoms with E-state index in [4.69, 9.17) is 5.73 Å². The van der Waals surface area contributed by atoms with E-state index >= 15 is 0 Å². The molecule has 1 unspecified atom stereocenters. The van der Waals surface area contributed by atoms with Crippen molar-refractivity contribution >= 4 is 26.8 Å². The lowest BCUT2D eigenvalue weighted by Gasteiger charge is -2.15. The van der Waals surface area contributed by atoms with Gasteiger partial charge in [-0.05, 0) is 45.3 Å². The van der Waals surface area contributed by atoms with Gasteiger partial charge in [-0.25, -0.2) is 8.78 Å². The molecule has 0 saturated carbocycles. The standard InChI is InChI=1S/C16H11BrF2N2/c17-14-11(5-6-12(18)15(14)19)16(20)10-7-9-3-1-2-4-13(9)21-8-10/h1-8,16H,20H2. The lowest BCUT2D eigenvalue weighted by molar-refractivity contribution is 0.501. The molecule has 1 aromatic heterocycles. The third-order valence-electron chi connectivity index (χ3n) is 3.37. The monoisotopic (exact) mass is 348 g/mol. The number of nitrogens with two attached hydrogens (primary N) is 1. The van der Waals surface area contributed by atoms with E-state index in [1.807, 2.05) is 30.3 Å². The molecule has 21 heavy (non-hydrogen) atoms.